The lowest BCUT2D eigenvalue weighted by atomic mass is 10.2. The van der Waals surface area contributed by atoms with E-state index in [2.05, 4.69) is 9.72 Å². The van der Waals surface area contributed by atoms with Crippen molar-refractivity contribution in [2.45, 2.75) is 12.8 Å². The van der Waals surface area contributed by atoms with Gasteiger partial charge in [-0.05, 0) is 12.1 Å². The van der Waals surface area contributed by atoms with Crippen LogP contribution < -0.4 is 4.74 Å². The van der Waals surface area contributed by atoms with Gasteiger partial charge < -0.3 is 4.74 Å². The number of hydrogen-bond donors (Lipinski definition) is 0. The zero-order valence-electron chi connectivity index (χ0n) is 7.42. The van der Waals surface area contributed by atoms with Gasteiger partial charge in [0.25, 0.3) is 6.43 Å². The average Bonchev–Trinajstić information content (AvgIpc) is 2.15. The summed E-state index contributed by atoms with van der Waals surface area (Å²) in [5.41, 5.74) is -1.46. The molecular formula is C8H3F5N2O. The molecule has 0 fully saturated rings. The van der Waals surface area contributed by atoms with Crippen molar-refractivity contribution in [3.05, 3.63) is 23.4 Å². The lowest BCUT2D eigenvalue weighted by Crippen LogP contribution is -2.19. The van der Waals surface area contributed by atoms with Crippen molar-refractivity contribution < 1.29 is 26.7 Å². The number of halogens is 5. The van der Waals surface area contributed by atoms with Crippen LogP contribution in [0.3, 0.4) is 0 Å². The molecule has 3 nitrogen and oxygen atoms in total. The maximum absolute atomic E-state index is 12.1. The summed E-state index contributed by atoms with van der Waals surface area (Å²) in [6, 6.07) is 2.90. The fourth-order valence-electron chi connectivity index (χ4n) is 0.849. The van der Waals surface area contributed by atoms with E-state index in [9.17, 15) is 22.0 Å². The van der Waals surface area contributed by atoms with E-state index < -0.39 is 29.9 Å². The predicted octanol–water partition coefficient (Wildman–Crippen LogP) is 2.79. The third-order valence-electron chi connectivity index (χ3n) is 1.44. The summed E-state index contributed by atoms with van der Waals surface area (Å²) in [6.07, 6.45) is -8.12. The topological polar surface area (TPSA) is 45.9 Å². The largest absolute Gasteiger partial charge is 0.574 e. The van der Waals surface area contributed by atoms with E-state index in [0.29, 0.717) is 0 Å². The van der Waals surface area contributed by atoms with Crippen LogP contribution in [-0.2, 0) is 0 Å². The Kier molecular flexibility index (Phi) is 3.27. The van der Waals surface area contributed by atoms with Gasteiger partial charge >= 0.3 is 6.36 Å². The van der Waals surface area contributed by atoms with E-state index in [4.69, 9.17) is 5.26 Å². The van der Waals surface area contributed by atoms with Gasteiger partial charge in [0.15, 0.2) is 0 Å². The molecule has 0 bridgehead atoms. The lowest BCUT2D eigenvalue weighted by molar-refractivity contribution is -0.276. The monoisotopic (exact) mass is 238 g/mol. The first-order valence-corrected chi connectivity index (χ1v) is 3.78. The fourth-order valence-corrected chi connectivity index (χ4v) is 0.849. The molecule has 1 rings (SSSR count). The SMILES string of the molecule is N#Cc1ccc(C(F)F)nc1OC(F)(F)F. The van der Waals surface area contributed by atoms with E-state index >= 15 is 0 Å². The first-order valence-electron chi connectivity index (χ1n) is 3.78. The van der Waals surface area contributed by atoms with Crippen molar-refractivity contribution in [2.75, 3.05) is 0 Å². The summed E-state index contributed by atoms with van der Waals surface area (Å²) in [6.45, 7) is 0. The Labute approximate surface area is 86.1 Å². The quantitative estimate of drug-likeness (QED) is 0.744. The number of pyridine rings is 1. The molecule has 1 heterocycles. The molecular weight excluding hydrogens is 235 g/mol. The molecule has 0 aliphatic rings. The molecule has 0 saturated carbocycles. The van der Waals surface area contributed by atoms with Crippen LogP contribution in [0.1, 0.15) is 17.7 Å². The molecule has 8 heteroatoms. The van der Waals surface area contributed by atoms with Gasteiger partial charge in [0.2, 0.25) is 5.88 Å². The molecule has 0 aromatic carbocycles. The molecule has 0 atom stereocenters. The highest BCUT2D eigenvalue weighted by molar-refractivity contribution is 5.39. The van der Waals surface area contributed by atoms with Crippen molar-refractivity contribution in [2.24, 2.45) is 0 Å². The van der Waals surface area contributed by atoms with E-state index in [-0.39, 0.29) is 0 Å². The first kappa shape index (κ1) is 12.2. The van der Waals surface area contributed by atoms with Gasteiger partial charge in [-0.1, -0.05) is 0 Å². The zero-order valence-corrected chi connectivity index (χ0v) is 7.42. The Balaban J connectivity index is 3.14. The molecule has 0 spiro atoms. The standard InChI is InChI=1S/C8H3F5N2O/c9-6(10)5-2-1-4(3-14)7(15-5)16-8(11,12)13/h1-2,6H. The van der Waals surface area contributed by atoms with Gasteiger partial charge in [0.1, 0.15) is 17.3 Å². The van der Waals surface area contributed by atoms with Crippen LogP contribution in [0.25, 0.3) is 0 Å². The summed E-state index contributed by atoms with van der Waals surface area (Å²) >= 11 is 0. The normalized spacial score (nSPS) is 11.3. The Bertz CT molecular complexity index is 423. The highest BCUT2D eigenvalue weighted by Gasteiger charge is 2.33. The maximum atomic E-state index is 12.1. The highest BCUT2D eigenvalue weighted by Crippen LogP contribution is 2.27. The Morgan fingerprint density at radius 1 is 1.31 bits per heavy atom. The van der Waals surface area contributed by atoms with Crippen LogP contribution in [0.5, 0.6) is 5.88 Å². The van der Waals surface area contributed by atoms with E-state index in [1.807, 2.05) is 0 Å². The zero-order chi connectivity index (χ0) is 12.3. The second-order valence-corrected chi connectivity index (χ2v) is 2.55. The minimum absolute atomic E-state index is 0.568. The molecule has 0 N–H and O–H groups in total. The third-order valence-corrected chi connectivity index (χ3v) is 1.44. The maximum Gasteiger partial charge on any atom is 0.574 e. The molecule has 0 radical (unpaired) electrons. The van der Waals surface area contributed by atoms with Crippen molar-refractivity contribution >= 4 is 0 Å². The van der Waals surface area contributed by atoms with Gasteiger partial charge in [-0.3, -0.25) is 0 Å². The van der Waals surface area contributed by atoms with Gasteiger partial charge in [0.05, 0.1) is 0 Å². The number of ether oxygens (including phenoxy) is 1. The van der Waals surface area contributed by atoms with Crippen molar-refractivity contribution in [3.63, 3.8) is 0 Å². The second kappa shape index (κ2) is 4.30. The summed E-state index contributed by atoms with van der Waals surface area (Å²) < 4.78 is 63.1. The second-order valence-electron chi connectivity index (χ2n) is 2.55. The Morgan fingerprint density at radius 2 is 1.94 bits per heavy atom. The predicted molar refractivity (Wildman–Crippen MR) is 40.6 cm³/mol. The number of hydrogen-bond acceptors (Lipinski definition) is 3. The molecule has 1 aromatic heterocycles. The lowest BCUT2D eigenvalue weighted by Gasteiger charge is -2.10. The fraction of sp³-hybridized carbons (Fsp3) is 0.250. The summed E-state index contributed by atoms with van der Waals surface area (Å²) in [4.78, 5) is 2.91. The number of aromatic nitrogens is 1. The van der Waals surface area contributed by atoms with Crippen molar-refractivity contribution in [3.8, 4) is 11.9 Å². The van der Waals surface area contributed by atoms with Crippen molar-refractivity contribution in [1.82, 2.24) is 4.98 Å². The number of rotatable bonds is 2. The molecule has 0 amide bonds. The minimum atomic E-state index is -5.08. The third kappa shape index (κ3) is 3.05. The van der Waals surface area contributed by atoms with E-state index in [1.165, 1.54) is 6.07 Å². The summed E-state index contributed by atoms with van der Waals surface area (Å²) in [5, 5.41) is 8.42. The number of nitrogens with zero attached hydrogens (tertiary/aromatic N) is 2. The highest BCUT2D eigenvalue weighted by atomic mass is 19.4. The van der Waals surface area contributed by atoms with Gasteiger partial charge in [-0.2, -0.15) is 5.26 Å². The van der Waals surface area contributed by atoms with Crippen molar-refractivity contribution in [1.29, 1.82) is 5.26 Å². The minimum Gasteiger partial charge on any atom is -0.386 e. The Hall–Kier alpha value is -1.91. The number of nitriles is 1. The van der Waals surface area contributed by atoms with Gasteiger partial charge in [-0.25, -0.2) is 13.8 Å². The molecule has 0 saturated heterocycles. The Morgan fingerprint density at radius 3 is 2.38 bits per heavy atom. The van der Waals surface area contributed by atoms with Crippen LogP contribution in [0.4, 0.5) is 22.0 Å². The van der Waals surface area contributed by atoms with E-state index in [1.54, 1.807) is 0 Å². The first-order chi connectivity index (χ1) is 7.33. The van der Waals surface area contributed by atoms with Crippen LogP contribution in [0.15, 0.2) is 12.1 Å². The molecule has 1 aromatic rings. The van der Waals surface area contributed by atoms with Crippen LogP contribution in [0.2, 0.25) is 0 Å². The molecule has 0 aliphatic heterocycles. The van der Waals surface area contributed by atoms with Gasteiger partial charge in [0, 0.05) is 0 Å². The molecule has 16 heavy (non-hydrogen) atoms. The van der Waals surface area contributed by atoms with Gasteiger partial charge in [-0.15, -0.1) is 13.2 Å². The summed E-state index contributed by atoms with van der Waals surface area (Å²) in [5.74, 6) is -1.17. The average molecular weight is 238 g/mol. The van der Waals surface area contributed by atoms with Crippen LogP contribution in [0, 0.1) is 11.3 Å². The molecule has 0 unspecified atom stereocenters. The van der Waals surface area contributed by atoms with Crippen LogP contribution >= 0.6 is 0 Å². The van der Waals surface area contributed by atoms with Crippen LogP contribution in [-0.4, -0.2) is 11.3 Å². The smallest absolute Gasteiger partial charge is 0.386 e. The molecule has 86 valence electrons. The summed E-state index contributed by atoms with van der Waals surface area (Å²) in [7, 11) is 0. The van der Waals surface area contributed by atoms with E-state index in [0.717, 1.165) is 12.1 Å². The molecule has 0 aliphatic carbocycles. The number of alkyl halides is 5.